The topological polar surface area (TPSA) is 55.1 Å². The number of carbonyl (C=O) groups is 1. The minimum absolute atomic E-state index is 0.0619. The van der Waals surface area contributed by atoms with Gasteiger partial charge in [0, 0.05) is 0 Å². The van der Waals surface area contributed by atoms with Gasteiger partial charge in [-0.2, -0.15) is 0 Å². The van der Waals surface area contributed by atoms with Gasteiger partial charge >= 0.3 is 0 Å². The molecule has 1 aromatic carbocycles. The lowest BCUT2D eigenvalue weighted by atomic mass is 9.97. The van der Waals surface area contributed by atoms with Crippen molar-refractivity contribution in [3.8, 4) is 0 Å². The summed E-state index contributed by atoms with van der Waals surface area (Å²) in [6.45, 7) is 6.18. The Labute approximate surface area is 121 Å². The zero-order chi connectivity index (χ0) is 14.7. The predicted molar refractivity (Wildman–Crippen MR) is 82.2 cm³/mol. The maximum atomic E-state index is 11.8. The predicted octanol–water partition coefficient (Wildman–Crippen LogP) is 2.80. The maximum Gasteiger partial charge on any atom is 0.237 e. The number of carbonyl (C=O) groups excluding carboxylic acids is 1. The van der Waals surface area contributed by atoms with E-state index in [-0.39, 0.29) is 11.9 Å². The maximum absolute atomic E-state index is 11.8. The standard InChI is InChI=1S/C17H26N2O/c1-11(2)10-13-4-6-14(7-5-13)16(15-8-9-15)19-17(20)12(3)18/h4-7,11-12,15-16H,8-10,18H2,1-3H3,(H,19,20)/t12-,16?/m0/s1. The number of nitrogens with two attached hydrogens (primary N) is 1. The quantitative estimate of drug-likeness (QED) is 0.838. The van der Waals surface area contributed by atoms with E-state index in [4.69, 9.17) is 5.73 Å². The number of nitrogens with one attached hydrogen (secondary N) is 1. The van der Waals surface area contributed by atoms with Gasteiger partial charge in [-0.3, -0.25) is 4.79 Å². The molecule has 3 heteroatoms. The summed E-state index contributed by atoms with van der Waals surface area (Å²) in [7, 11) is 0. The highest BCUT2D eigenvalue weighted by molar-refractivity contribution is 5.81. The zero-order valence-corrected chi connectivity index (χ0v) is 12.7. The molecule has 1 aliphatic carbocycles. The third-order valence-electron chi connectivity index (χ3n) is 3.79. The second kappa shape index (κ2) is 6.40. The van der Waals surface area contributed by atoms with E-state index < -0.39 is 6.04 Å². The molecule has 1 saturated carbocycles. The van der Waals surface area contributed by atoms with E-state index in [9.17, 15) is 4.79 Å². The zero-order valence-electron chi connectivity index (χ0n) is 12.7. The molecule has 1 amide bonds. The smallest absolute Gasteiger partial charge is 0.237 e. The van der Waals surface area contributed by atoms with Gasteiger partial charge in [-0.1, -0.05) is 38.1 Å². The molecule has 2 rings (SSSR count). The first-order chi connectivity index (χ1) is 9.47. The van der Waals surface area contributed by atoms with E-state index >= 15 is 0 Å². The minimum Gasteiger partial charge on any atom is -0.348 e. The van der Waals surface area contributed by atoms with Crippen molar-refractivity contribution >= 4 is 5.91 Å². The van der Waals surface area contributed by atoms with Crippen LogP contribution in [-0.4, -0.2) is 11.9 Å². The SMILES string of the molecule is CC(C)Cc1ccc(C(NC(=O)[C@H](C)N)C2CC2)cc1. The van der Waals surface area contributed by atoms with Crippen molar-refractivity contribution in [1.29, 1.82) is 0 Å². The Morgan fingerprint density at radius 1 is 1.25 bits per heavy atom. The first kappa shape index (κ1) is 15.0. The van der Waals surface area contributed by atoms with Crippen LogP contribution in [0.15, 0.2) is 24.3 Å². The minimum atomic E-state index is -0.448. The Bertz CT molecular complexity index is 447. The van der Waals surface area contributed by atoms with Crippen molar-refractivity contribution in [2.45, 2.75) is 52.1 Å². The summed E-state index contributed by atoms with van der Waals surface area (Å²) in [4.78, 5) is 11.8. The lowest BCUT2D eigenvalue weighted by Crippen LogP contribution is -2.40. The third-order valence-corrected chi connectivity index (χ3v) is 3.79. The largest absolute Gasteiger partial charge is 0.348 e. The highest BCUT2D eigenvalue weighted by atomic mass is 16.2. The van der Waals surface area contributed by atoms with Gasteiger partial charge in [0.15, 0.2) is 0 Å². The van der Waals surface area contributed by atoms with E-state index in [1.165, 1.54) is 24.0 Å². The van der Waals surface area contributed by atoms with Crippen molar-refractivity contribution < 1.29 is 4.79 Å². The lowest BCUT2D eigenvalue weighted by Gasteiger charge is -2.20. The summed E-state index contributed by atoms with van der Waals surface area (Å²) >= 11 is 0. The van der Waals surface area contributed by atoms with Crippen LogP contribution in [0.5, 0.6) is 0 Å². The fraction of sp³-hybridized carbons (Fsp3) is 0.588. The number of benzene rings is 1. The molecule has 2 atom stereocenters. The van der Waals surface area contributed by atoms with Crippen LogP contribution >= 0.6 is 0 Å². The molecule has 0 aromatic heterocycles. The van der Waals surface area contributed by atoms with E-state index in [0.29, 0.717) is 11.8 Å². The second-order valence-electron chi connectivity index (χ2n) is 6.45. The molecule has 0 bridgehead atoms. The van der Waals surface area contributed by atoms with Gasteiger partial charge in [0.05, 0.1) is 12.1 Å². The van der Waals surface area contributed by atoms with E-state index in [2.05, 4.69) is 43.4 Å². The summed E-state index contributed by atoms with van der Waals surface area (Å²) in [5, 5.41) is 3.09. The molecule has 3 N–H and O–H groups in total. The first-order valence-corrected chi connectivity index (χ1v) is 7.62. The van der Waals surface area contributed by atoms with Crippen LogP contribution in [0.25, 0.3) is 0 Å². The highest BCUT2D eigenvalue weighted by Gasteiger charge is 2.33. The Hall–Kier alpha value is -1.35. The lowest BCUT2D eigenvalue weighted by molar-refractivity contribution is -0.122. The van der Waals surface area contributed by atoms with Crippen LogP contribution in [0.1, 0.15) is 50.8 Å². The second-order valence-corrected chi connectivity index (χ2v) is 6.45. The monoisotopic (exact) mass is 274 g/mol. The van der Waals surface area contributed by atoms with E-state index in [1.807, 2.05) is 0 Å². The molecule has 110 valence electrons. The average molecular weight is 274 g/mol. The van der Waals surface area contributed by atoms with Crippen molar-refractivity contribution in [1.82, 2.24) is 5.32 Å². The molecule has 0 spiro atoms. The van der Waals surface area contributed by atoms with Gasteiger partial charge in [-0.05, 0) is 49.1 Å². The fourth-order valence-corrected chi connectivity index (χ4v) is 2.52. The van der Waals surface area contributed by atoms with Crippen LogP contribution in [-0.2, 0) is 11.2 Å². The van der Waals surface area contributed by atoms with Crippen LogP contribution < -0.4 is 11.1 Å². The molecule has 1 fully saturated rings. The van der Waals surface area contributed by atoms with Gasteiger partial charge in [0.25, 0.3) is 0 Å². The van der Waals surface area contributed by atoms with Crippen LogP contribution in [0.2, 0.25) is 0 Å². The van der Waals surface area contributed by atoms with Crippen molar-refractivity contribution in [3.05, 3.63) is 35.4 Å². The van der Waals surface area contributed by atoms with E-state index in [0.717, 1.165) is 6.42 Å². The van der Waals surface area contributed by atoms with Gasteiger partial charge in [0.2, 0.25) is 5.91 Å². The highest BCUT2D eigenvalue weighted by Crippen LogP contribution is 2.41. The number of hydrogen-bond acceptors (Lipinski definition) is 2. The Morgan fingerprint density at radius 2 is 1.85 bits per heavy atom. The molecule has 1 aromatic rings. The molecule has 3 nitrogen and oxygen atoms in total. The molecule has 0 heterocycles. The first-order valence-electron chi connectivity index (χ1n) is 7.62. The Balaban J connectivity index is 2.07. The third kappa shape index (κ3) is 4.07. The Kier molecular flexibility index (Phi) is 4.81. The van der Waals surface area contributed by atoms with Crippen LogP contribution in [0.4, 0.5) is 0 Å². The van der Waals surface area contributed by atoms with Gasteiger partial charge in [-0.25, -0.2) is 0 Å². The summed E-state index contributed by atoms with van der Waals surface area (Å²) in [5.74, 6) is 1.18. The Morgan fingerprint density at radius 3 is 2.30 bits per heavy atom. The molecule has 0 radical (unpaired) electrons. The van der Waals surface area contributed by atoms with E-state index in [1.54, 1.807) is 6.92 Å². The molecule has 0 aliphatic heterocycles. The average Bonchev–Trinajstić information content (AvgIpc) is 3.20. The summed E-state index contributed by atoms with van der Waals surface area (Å²) in [5.41, 5.74) is 8.21. The summed E-state index contributed by atoms with van der Waals surface area (Å²) in [6, 6.07) is 8.36. The molecule has 1 unspecified atom stereocenters. The normalized spacial score (nSPS) is 17.9. The number of hydrogen-bond donors (Lipinski definition) is 2. The van der Waals surface area contributed by atoms with Gasteiger partial charge in [-0.15, -0.1) is 0 Å². The van der Waals surface area contributed by atoms with Crippen LogP contribution in [0.3, 0.4) is 0 Å². The summed E-state index contributed by atoms with van der Waals surface area (Å²) in [6.07, 6.45) is 3.48. The van der Waals surface area contributed by atoms with Crippen molar-refractivity contribution in [2.24, 2.45) is 17.6 Å². The molecule has 1 aliphatic rings. The van der Waals surface area contributed by atoms with Gasteiger partial charge in [0.1, 0.15) is 0 Å². The number of amides is 1. The molecule has 20 heavy (non-hydrogen) atoms. The molecular formula is C17H26N2O. The van der Waals surface area contributed by atoms with Crippen LogP contribution in [0, 0.1) is 11.8 Å². The van der Waals surface area contributed by atoms with Crippen molar-refractivity contribution in [3.63, 3.8) is 0 Å². The fourth-order valence-electron chi connectivity index (χ4n) is 2.52. The molecule has 0 saturated heterocycles. The molecular weight excluding hydrogens is 248 g/mol. The number of rotatable bonds is 6. The van der Waals surface area contributed by atoms with Crippen molar-refractivity contribution in [2.75, 3.05) is 0 Å². The van der Waals surface area contributed by atoms with Gasteiger partial charge < -0.3 is 11.1 Å². The summed E-state index contributed by atoms with van der Waals surface area (Å²) < 4.78 is 0.